The van der Waals surface area contributed by atoms with Crippen LogP contribution in [0.25, 0.3) is 0 Å². The zero-order valence-electron chi connectivity index (χ0n) is 10.4. The van der Waals surface area contributed by atoms with Crippen LogP contribution in [0.2, 0.25) is 0 Å². The van der Waals surface area contributed by atoms with Crippen LogP contribution in [0.15, 0.2) is 29.1 Å². The molecule has 3 N–H and O–H groups in total. The lowest BCUT2D eigenvalue weighted by Crippen LogP contribution is -2.36. The van der Waals surface area contributed by atoms with Crippen molar-refractivity contribution in [1.82, 2.24) is 10.2 Å². The standard InChI is InChI=1S/C13H13N3O4/c17-9-4-3-8(15-16-9)14-12(18)10-6-1-2-7(5-6)11(10)13(19)20/h1-4,6-7,10-11H,5H2,(H,16,17)(H,19,20)(H,14,15,18)/t6?,7?,10-,11+/m0/s1. The van der Waals surface area contributed by atoms with Crippen molar-refractivity contribution in [2.45, 2.75) is 6.42 Å². The Labute approximate surface area is 113 Å². The number of amides is 1. The van der Waals surface area contributed by atoms with Crippen molar-refractivity contribution in [1.29, 1.82) is 0 Å². The molecule has 0 aromatic carbocycles. The first-order chi connectivity index (χ1) is 9.56. The van der Waals surface area contributed by atoms with Gasteiger partial charge in [-0.3, -0.25) is 14.4 Å². The molecule has 0 saturated heterocycles. The van der Waals surface area contributed by atoms with Gasteiger partial charge in [0.2, 0.25) is 5.91 Å². The topological polar surface area (TPSA) is 112 Å². The number of carboxylic acids is 1. The highest BCUT2D eigenvalue weighted by Crippen LogP contribution is 2.48. The van der Waals surface area contributed by atoms with Crippen molar-refractivity contribution < 1.29 is 14.7 Å². The summed E-state index contributed by atoms with van der Waals surface area (Å²) in [5, 5.41) is 17.7. The Hall–Kier alpha value is -2.44. The molecule has 2 aliphatic rings. The van der Waals surface area contributed by atoms with Crippen molar-refractivity contribution in [3.05, 3.63) is 34.6 Å². The summed E-state index contributed by atoms with van der Waals surface area (Å²) in [6.07, 6.45) is 4.49. The predicted molar refractivity (Wildman–Crippen MR) is 68.8 cm³/mol. The number of nitrogens with one attached hydrogen (secondary N) is 2. The lowest BCUT2D eigenvalue weighted by atomic mass is 9.82. The van der Waals surface area contributed by atoms with Crippen LogP contribution < -0.4 is 10.9 Å². The van der Waals surface area contributed by atoms with Crippen LogP contribution in [0, 0.1) is 23.7 Å². The highest BCUT2D eigenvalue weighted by molar-refractivity contribution is 5.95. The van der Waals surface area contributed by atoms with Crippen LogP contribution in [-0.2, 0) is 9.59 Å². The fourth-order valence-corrected chi connectivity index (χ4v) is 3.14. The molecule has 2 aliphatic carbocycles. The molecule has 2 bridgehead atoms. The number of carbonyl (C=O) groups is 2. The fourth-order valence-electron chi connectivity index (χ4n) is 3.14. The molecule has 1 fully saturated rings. The lowest BCUT2D eigenvalue weighted by molar-refractivity contribution is -0.146. The maximum atomic E-state index is 12.3. The first kappa shape index (κ1) is 12.6. The zero-order valence-corrected chi connectivity index (χ0v) is 10.4. The monoisotopic (exact) mass is 275 g/mol. The van der Waals surface area contributed by atoms with Gasteiger partial charge in [0.25, 0.3) is 5.56 Å². The van der Waals surface area contributed by atoms with Gasteiger partial charge < -0.3 is 10.4 Å². The lowest BCUT2D eigenvalue weighted by Gasteiger charge is -2.23. The summed E-state index contributed by atoms with van der Waals surface area (Å²) in [7, 11) is 0. The van der Waals surface area contributed by atoms with Gasteiger partial charge in [-0.1, -0.05) is 12.2 Å². The average molecular weight is 275 g/mol. The van der Waals surface area contributed by atoms with E-state index >= 15 is 0 Å². The molecule has 20 heavy (non-hydrogen) atoms. The number of allylic oxidation sites excluding steroid dienone is 2. The molecule has 2 unspecified atom stereocenters. The fraction of sp³-hybridized carbons (Fsp3) is 0.385. The van der Waals surface area contributed by atoms with Gasteiger partial charge in [-0.05, 0) is 24.3 Å². The van der Waals surface area contributed by atoms with E-state index in [0.717, 1.165) is 0 Å². The SMILES string of the molecule is O=C(O)[C@@H]1C2C=CC(C2)[C@@H]1C(=O)Nc1ccc(=O)[nH]n1. The minimum absolute atomic E-state index is 0.0381. The number of carbonyl (C=O) groups excluding carboxylic acids is 1. The largest absolute Gasteiger partial charge is 0.481 e. The van der Waals surface area contributed by atoms with Gasteiger partial charge in [-0.25, -0.2) is 5.10 Å². The number of aliphatic carboxylic acids is 1. The van der Waals surface area contributed by atoms with Crippen LogP contribution in [0.4, 0.5) is 5.82 Å². The Morgan fingerprint density at radius 2 is 1.95 bits per heavy atom. The number of anilines is 1. The maximum Gasteiger partial charge on any atom is 0.307 e. The van der Waals surface area contributed by atoms with Gasteiger partial charge in [0, 0.05) is 6.07 Å². The molecule has 0 aliphatic heterocycles. The van der Waals surface area contributed by atoms with Crippen molar-refractivity contribution in [3.8, 4) is 0 Å². The molecule has 1 aromatic rings. The minimum atomic E-state index is -0.948. The molecule has 1 saturated carbocycles. The van der Waals surface area contributed by atoms with Crippen LogP contribution >= 0.6 is 0 Å². The van der Waals surface area contributed by atoms with Crippen molar-refractivity contribution in [2.24, 2.45) is 23.7 Å². The third-order valence-corrected chi connectivity index (χ3v) is 3.98. The third-order valence-electron chi connectivity index (χ3n) is 3.98. The summed E-state index contributed by atoms with van der Waals surface area (Å²) in [5.74, 6) is -2.49. The molecule has 1 amide bonds. The Balaban J connectivity index is 1.79. The number of nitrogens with zero attached hydrogens (tertiary/aromatic N) is 1. The molecule has 0 spiro atoms. The summed E-state index contributed by atoms with van der Waals surface area (Å²) in [6, 6.07) is 2.63. The Kier molecular flexibility index (Phi) is 2.89. The summed E-state index contributed by atoms with van der Waals surface area (Å²) in [5.41, 5.74) is -0.366. The molecular formula is C13H13N3O4. The third kappa shape index (κ3) is 2.01. The summed E-state index contributed by atoms with van der Waals surface area (Å²) in [4.78, 5) is 34.5. The number of carboxylic acid groups (broad SMARTS) is 1. The Bertz CT molecular complexity index is 631. The predicted octanol–water partition coefficient (Wildman–Crippen LogP) is 0.231. The van der Waals surface area contributed by atoms with Gasteiger partial charge in [0.1, 0.15) is 0 Å². The number of aromatic nitrogens is 2. The number of H-pyrrole nitrogens is 1. The van der Waals surface area contributed by atoms with E-state index in [1.807, 2.05) is 12.2 Å². The Morgan fingerprint density at radius 1 is 1.25 bits per heavy atom. The summed E-state index contributed by atoms with van der Waals surface area (Å²) >= 11 is 0. The molecule has 0 radical (unpaired) electrons. The first-order valence-electron chi connectivity index (χ1n) is 6.34. The van der Waals surface area contributed by atoms with Crippen LogP contribution in [-0.4, -0.2) is 27.2 Å². The smallest absolute Gasteiger partial charge is 0.307 e. The molecule has 7 nitrogen and oxygen atoms in total. The van der Waals surface area contributed by atoms with E-state index in [2.05, 4.69) is 15.5 Å². The highest BCUT2D eigenvalue weighted by atomic mass is 16.4. The van der Waals surface area contributed by atoms with E-state index in [-0.39, 0.29) is 29.1 Å². The van der Waals surface area contributed by atoms with E-state index in [9.17, 15) is 19.5 Å². The van der Waals surface area contributed by atoms with Gasteiger partial charge in [-0.2, -0.15) is 5.10 Å². The second kappa shape index (κ2) is 4.59. The van der Waals surface area contributed by atoms with Gasteiger partial charge in [-0.15, -0.1) is 0 Å². The van der Waals surface area contributed by atoms with E-state index < -0.39 is 17.8 Å². The molecular weight excluding hydrogens is 262 g/mol. The van der Waals surface area contributed by atoms with Crippen LogP contribution in [0.3, 0.4) is 0 Å². The first-order valence-corrected chi connectivity index (χ1v) is 6.34. The van der Waals surface area contributed by atoms with Crippen molar-refractivity contribution >= 4 is 17.7 Å². The molecule has 7 heteroatoms. The minimum Gasteiger partial charge on any atom is -0.481 e. The maximum absolute atomic E-state index is 12.3. The summed E-state index contributed by atoms with van der Waals surface area (Å²) < 4.78 is 0. The van der Waals surface area contributed by atoms with E-state index in [1.54, 1.807) is 0 Å². The van der Waals surface area contributed by atoms with Gasteiger partial charge >= 0.3 is 5.97 Å². The summed E-state index contributed by atoms with van der Waals surface area (Å²) in [6.45, 7) is 0. The van der Waals surface area contributed by atoms with Gasteiger partial charge in [0.05, 0.1) is 11.8 Å². The van der Waals surface area contributed by atoms with E-state index in [1.165, 1.54) is 12.1 Å². The zero-order chi connectivity index (χ0) is 14.3. The van der Waals surface area contributed by atoms with E-state index in [4.69, 9.17) is 0 Å². The van der Waals surface area contributed by atoms with Crippen LogP contribution in [0.1, 0.15) is 6.42 Å². The van der Waals surface area contributed by atoms with Crippen molar-refractivity contribution in [2.75, 3.05) is 5.32 Å². The molecule has 1 aromatic heterocycles. The average Bonchev–Trinajstić information content (AvgIpc) is 3.01. The second-order valence-corrected chi connectivity index (χ2v) is 5.13. The second-order valence-electron chi connectivity index (χ2n) is 5.13. The highest BCUT2D eigenvalue weighted by Gasteiger charge is 2.51. The molecule has 104 valence electrons. The number of rotatable bonds is 3. The quantitative estimate of drug-likeness (QED) is 0.684. The molecule has 1 heterocycles. The van der Waals surface area contributed by atoms with Crippen LogP contribution in [0.5, 0.6) is 0 Å². The Morgan fingerprint density at radius 3 is 2.55 bits per heavy atom. The number of aromatic amines is 1. The van der Waals surface area contributed by atoms with Crippen molar-refractivity contribution in [3.63, 3.8) is 0 Å². The number of hydrogen-bond donors (Lipinski definition) is 3. The van der Waals surface area contributed by atoms with E-state index in [0.29, 0.717) is 6.42 Å². The number of hydrogen-bond acceptors (Lipinski definition) is 4. The normalized spacial score (nSPS) is 30.4. The molecule has 4 atom stereocenters. The molecule has 3 rings (SSSR count). The van der Waals surface area contributed by atoms with Gasteiger partial charge in [0.15, 0.2) is 5.82 Å². The number of fused-ring (bicyclic) bond motifs is 2.